The van der Waals surface area contributed by atoms with Gasteiger partial charge in [-0.2, -0.15) is 0 Å². The number of ketones is 1. The minimum atomic E-state index is -0.0385. The normalized spacial score (nSPS) is 10.0. The third-order valence-electron chi connectivity index (χ3n) is 2.12. The number of rotatable bonds is 5. The van der Waals surface area contributed by atoms with Gasteiger partial charge in [-0.3, -0.25) is 4.79 Å². The summed E-state index contributed by atoms with van der Waals surface area (Å²) in [5.41, 5.74) is 2.31. The topological polar surface area (TPSA) is 26.3 Å². The van der Waals surface area contributed by atoms with Gasteiger partial charge in [-0.25, -0.2) is 0 Å². The number of hydrogen-bond acceptors (Lipinski definition) is 2. The standard InChI is InChI=1S/C13H16O2/c1-4-15-9-11(3)13(14)12-7-5-10(2)6-8-12/h5-8H,3-4,9H2,1-2H3. The van der Waals surface area contributed by atoms with Crippen molar-refractivity contribution in [3.8, 4) is 0 Å². The van der Waals surface area contributed by atoms with Gasteiger partial charge in [0.1, 0.15) is 0 Å². The molecule has 0 fully saturated rings. The van der Waals surface area contributed by atoms with E-state index in [1.165, 1.54) is 0 Å². The van der Waals surface area contributed by atoms with E-state index >= 15 is 0 Å². The van der Waals surface area contributed by atoms with Crippen molar-refractivity contribution in [2.45, 2.75) is 13.8 Å². The molecule has 0 unspecified atom stereocenters. The Hall–Kier alpha value is -1.41. The summed E-state index contributed by atoms with van der Waals surface area (Å²) in [6, 6.07) is 7.46. The number of carbonyl (C=O) groups is 1. The maximum Gasteiger partial charge on any atom is 0.190 e. The van der Waals surface area contributed by atoms with Gasteiger partial charge >= 0.3 is 0 Å². The van der Waals surface area contributed by atoms with Crippen LogP contribution in [0.15, 0.2) is 36.4 Å². The van der Waals surface area contributed by atoms with E-state index in [0.29, 0.717) is 24.4 Å². The third-order valence-corrected chi connectivity index (χ3v) is 2.12. The van der Waals surface area contributed by atoms with Crippen molar-refractivity contribution < 1.29 is 9.53 Å². The first kappa shape index (κ1) is 11.7. The van der Waals surface area contributed by atoms with Crippen LogP contribution < -0.4 is 0 Å². The minimum absolute atomic E-state index is 0.0385. The molecule has 0 saturated heterocycles. The van der Waals surface area contributed by atoms with Gasteiger partial charge in [0, 0.05) is 17.7 Å². The van der Waals surface area contributed by atoms with Gasteiger partial charge in [-0.05, 0) is 13.8 Å². The first-order valence-electron chi connectivity index (χ1n) is 5.02. The van der Waals surface area contributed by atoms with Gasteiger partial charge < -0.3 is 4.74 Å². The summed E-state index contributed by atoms with van der Waals surface area (Å²) in [7, 11) is 0. The molecule has 1 aromatic carbocycles. The predicted molar refractivity (Wildman–Crippen MR) is 61.1 cm³/mol. The van der Waals surface area contributed by atoms with Gasteiger partial charge in [0.05, 0.1) is 6.61 Å². The van der Waals surface area contributed by atoms with Crippen LogP contribution >= 0.6 is 0 Å². The molecule has 0 N–H and O–H groups in total. The Morgan fingerprint density at radius 2 is 1.93 bits per heavy atom. The van der Waals surface area contributed by atoms with Crippen molar-refractivity contribution in [2.24, 2.45) is 0 Å². The second kappa shape index (κ2) is 5.47. The molecule has 0 spiro atoms. The zero-order valence-corrected chi connectivity index (χ0v) is 9.25. The van der Waals surface area contributed by atoms with Crippen molar-refractivity contribution in [1.29, 1.82) is 0 Å². The maximum absolute atomic E-state index is 11.8. The molecule has 0 aliphatic rings. The first-order chi connectivity index (χ1) is 7.15. The van der Waals surface area contributed by atoms with Crippen LogP contribution in [0.5, 0.6) is 0 Å². The molecule has 0 bridgehead atoms. The summed E-state index contributed by atoms with van der Waals surface area (Å²) in [6.07, 6.45) is 0. The van der Waals surface area contributed by atoms with E-state index in [2.05, 4.69) is 6.58 Å². The average molecular weight is 204 g/mol. The van der Waals surface area contributed by atoms with Crippen LogP contribution in [0.3, 0.4) is 0 Å². The van der Waals surface area contributed by atoms with Gasteiger partial charge in [-0.15, -0.1) is 0 Å². The van der Waals surface area contributed by atoms with Crippen molar-refractivity contribution >= 4 is 5.78 Å². The molecule has 0 amide bonds. The van der Waals surface area contributed by atoms with Gasteiger partial charge in [0.15, 0.2) is 5.78 Å². The average Bonchev–Trinajstić information content (AvgIpc) is 2.26. The fraction of sp³-hybridized carbons (Fsp3) is 0.308. The van der Waals surface area contributed by atoms with Crippen molar-refractivity contribution in [1.82, 2.24) is 0 Å². The second-order valence-electron chi connectivity index (χ2n) is 3.44. The second-order valence-corrected chi connectivity index (χ2v) is 3.44. The van der Waals surface area contributed by atoms with Crippen LogP contribution in [-0.2, 0) is 4.74 Å². The van der Waals surface area contributed by atoms with E-state index in [9.17, 15) is 4.79 Å². The predicted octanol–water partition coefficient (Wildman–Crippen LogP) is 2.77. The molecule has 0 saturated carbocycles. The number of carbonyl (C=O) groups excluding carboxylic acids is 1. The monoisotopic (exact) mass is 204 g/mol. The van der Waals surface area contributed by atoms with E-state index in [1.807, 2.05) is 38.1 Å². The maximum atomic E-state index is 11.8. The summed E-state index contributed by atoms with van der Waals surface area (Å²) in [4.78, 5) is 11.8. The molecule has 2 heteroatoms. The van der Waals surface area contributed by atoms with Gasteiger partial charge in [0.25, 0.3) is 0 Å². The fourth-order valence-electron chi connectivity index (χ4n) is 1.20. The van der Waals surface area contributed by atoms with Crippen LogP contribution in [0, 0.1) is 6.92 Å². The van der Waals surface area contributed by atoms with E-state index in [1.54, 1.807) is 0 Å². The largest absolute Gasteiger partial charge is 0.377 e. The van der Waals surface area contributed by atoms with E-state index in [0.717, 1.165) is 5.56 Å². The Bertz CT molecular complexity index is 349. The van der Waals surface area contributed by atoms with Crippen molar-refractivity contribution in [3.05, 3.63) is 47.5 Å². The van der Waals surface area contributed by atoms with Crippen LogP contribution in [0.1, 0.15) is 22.8 Å². The lowest BCUT2D eigenvalue weighted by Gasteiger charge is -2.05. The minimum Gasteiger partial charge on any atom is -0.377 e. The Morgan fingerprint density at radius 1 is 1.33 bits per heavy atom. The van der Waals surface area contributed by atoms with Crippen LogP contribution in [-0.4, -0.2) is 19.0 Å². The summed E-state index contributed by atoms with van der Waals surface area (Å²) in [6.45, 7) is 8.50. The molecular weight excluding hydrogens is 188 g/mol. The van der Waals surface area contributed by atoms with Crippen LogP contribution in [0.25, 0.3) is 0 Å². The highest BCUT2D eigenvalue weighted by molar-refractivity contribution is 6.08. The number of aryl methyl sites for hydroxylation is 1. The molecule has 1 rings (SSSR count). The summed E-state index contributed by atoms with van der Waals surface area (Å²) >= 11 is 0. The molecule has 1 aromatic rings. The smallest absolute Gasteiger partial charge is 0.190 e. The molecule has 2 nitrogen and oxygen atoms in total. The molecule has 15 heavy (non-hydrogen) atoms. The van der Waals surface area contributed by atoms with Crippen molar-refractivity contribution in [3.63, 3.8) is 0 Å². The Kier molecular flexibility index (Phi) is 4.25. The number of ether oxygens (including phenoxy) is 1. The zero-order chi connectivity index (χ0) is 11.3. The fourth-order valence-corrected chi connectivity index (χ4v) is 1.20. The lowest BCUT2D eigenvalue weighted by molar-refractivity contribution is 0.0991. The highest BCUT2D eigenvalue weighted by atomic mass is 16.5. The highest BCUT2D eigenvalue weighted by Gasteiger charge is 2.09. The molecule has 0 radical (unpaired) electrons. The SMILES string of the molecule is C=C(COCC)C(=O)c1ccc(C)cc1. The number of Topliss-reactive ketones (excluding diaryl/α,β-unsaturated/α-hetero) is 1. The molecule has 0 aliphatic carbocycles. The molecule has 0 aromatic heterocycles. The summed E-state index contributed by atoms with van der Waals surface area (Å²) in [5, 5.41) is 0. The summed E-state index contributed by atoms with van der Waals surface area (Å²) in [5.74, 6) is -0.0385. The summed E-state index contributed by atoms with van der Waals surface area (Å²) < 4.78 is 5.14. The Balaban J connectivity index is 2.68. The van der Waals surface area contributed by atoms with Gasteiger partial charge in [-0.1, -0.05) is 36.4 Å². The molecule has 0 heterocycles. The third kappa shape index (κ3) is 3.33. The van der Waals surface area contributed by atoms with Crippen LogP contribution in [0.2, 0.25) is 0 Å². The van der Waals surface area contributed by atoms with Gasteiger partial charge in [0.2, 0.25) is 0 Å². The number of hydrogen-bond donors (Lipinski definition) is 0. The van der Waals surface area contributed by atoms with E-state index in [4.69, 9.17) is 4.74 Å². The first-order valence-corrected chi connectivity index (χ1v) is 5.02. The van der Waals surface area contributed by atoms with Crippen molar-refractivity contribution in [2.75, 3.05) is 13.2 Å². The molecule has 0 aliphatic heterocycles. The van der Waals surface area contributed by atoms with E-state index in [-0.39, 0.29) is 5.78 Å². The van der Waals surface area contributed by atoms with E-state index < -0.39 is 0 Å². The van der Waals surface area contributed by atoms with Crippen LogP contribution in [0.4, 0.5) is 0 Å². The molecule has 0 atom stereocenters. The zero-order valence-electron chi connectivity index (χ0n) is 9.25. The highest BCUT2D eigenvalue weighted by Crippen LogP contribution is 2.08. The lowest BCUT2D eigenvalue weighted by Crippen LogP contribution is -2.08. The number of benzene rings is 1. The molecular formula is C13H16O2. The lowest BCUT2D eigenvalue weighted by atomic mass is 10.0. The quantitative estimate of drug-likeness (QED) is 0.544. The Morgan fingerprint density at radius 3 is 2.47 bits per heavy atom. The molecule has 80 valence electrons. The Labute approximate surface area is 90.6 Å².